The third-order valence-electron chi connectivity index (χ3n) is 3.13. The molecule has 1 aromatic carbocycles. The lowest BCUT2D eigenvalue weighted by atomic mass is 10.0. The molecule has 0 heterocycles. The maximum atomic E-state index is 5.74. The van der Waals surface area contributed by atoms with Gasteiger partial charge in [0, 0.05) is 6.61 Å². The summed E-state index contributed by atoms with van der Waals surface area (Å²) in [6.07, 6.45) is 5.22. The predicted octanol–water partition coefficient (Wildman–Crippen LogP) is 4.43. The van der Waals surface area contributed by atoms with Crippen molar-refractivity contribution in [2.75, 3.05) is 13.7 Å². The van der Waals surface area contributed by atoms with E-state index in [0.29, 0.717) is 12.5 Å². The van der Waals surface area contributed by atoms with Gasteiger partial charge in [0.2, 0.25) is 0 Å². The Kier molecular flexibility index (Phi) is 7.51. The Morgan fingerprint density at radius 2 is 1.83 bits per heavy atom. The Morgan fingerprint density at radius 3 is 2.44 bits per heavy atom. The smallest absolute Gasteiger partial charge is 0.118 e. The molecule has 0 aliphatic carbocycles. The van der Waals surface area contributed by atoms with Crippen LogP contribution in [-0.4, -0.2) is 13.7 Å². The van der Waals surface area contributed by atoms with Crippen molar-refractivity contribution in [1.29, 1.82) is 0 Å². The number of methoxy groups -OCH3 is 1. The molecule has 0 saturated carbocycles. The fourth-order valence-corrected chi connectivity index (χ4v) is 1.93. The average Bonchev–Trinajstić information content (AvgIpc) is 2.40. The fraction of sp³-hybridized carbons (Fsp3) is 0.625. The molecular formula is C16H26O2. The lowest BCUT2D eigenvalue weighted by Crippen LogP contribution is -2.06. The predicted molar refractivity (Wildman–Crippen MR) is 76.0 cm³/mol. The highest BCUT2D eigenvalue weighted by atomic mass is 16.5. The van der Waals surface area contributed by atoms with Gasteiger partial charge in [-0.05, 0) is 30.0 Å². The molecule has 1 rings (SSSR count). The number of benzene rings is 1. The summed E-state index contributed by atoms with van der Waals surface area (Å²) < 4.78 is 10.9. The van der Waals surface area contributed by atoms with Crippen LogP contribution < -0.4 is 4.74 Å². The molecule has 0 aromatic heterocycles. The van der Waals surface area contributed by atoms with E-state index in [1.165, 1.54) is 31.2 Å². The number of hydrogen-bond donors (Lipinski definition) is 0. The monoisotopic (exact) mass is 250 g/mol. The minimum Gasteiger partial charge on any atom is -0.497 e. The largest absolute Gasteiger partial charge is 0.497 e. The van der Waals surface area contributed by atoms with Gasteiger partial charge in [0.25, 0.3) is 0 Å². The molecule has 0 spiro atoms. The second-order valence-corrected chi connectivity index (χ2v) is 4.96. The molecule has 1 aromatic rings. The fourth-order valence-electron chi connectivity index (χ4n) is 1.93. The third-order valence-corrected chi connectivity index (χ3v) is 3.13. The Morgan fingerprint density at radius 1 is 1.11 bits per heavy atom. The topological polar surface area (TPSA) is 18.5 Å². The average molecular weight is 250 g/mol. The highest BCUT2D eigenvalue weighted by Crippen LogP contribution is 2.13. The zero-order chi connectivity index (χ0) is 13.2. The van der Waals surface area contributed by atoms with Crippen molar-refractivity contribution in [2.24, 2.45) is 5.92 Å². The SMILES string of the molecule is CCCCCC(C)COCc1ccc(OC)cc1. The molecular weight excluding hydrogens is 224 g/mol. The van der Waals surface area contributed by atoms with Crippen LogP contribution in [-0.2, 0) is 11.3 Å². The first-order valence-corrected chi connectivity index (χ1v) is 6.97. The normalized spacial score (nSPS) is 12.4. The molecule has 2 heteroatoms. The molecule has 0 bridgehead atoms. The molecule has 1 atom stereocenters. The van der Waals surface area contributed by atoms with E-state index in [9.17, 15) is 0 Å². The Labute approximate surface area is 111 Å². The lowest BCUT2D eigenvalue weighted by Gasteiger charge is -2.12. The zero-order valence-electron chi connectivity index (χ0n) is 11.9. The third kappa shape index (κ3) is 6.06. The summed E-state index contributed by atoms with van der Waals surface area (Å²) in [6.45, 7) is 6.06. The van der Waals surface area contributed by atoms with Crippen LogP contribution in [0.1, 0.15) is 45.1 Å². The van der Waals surface area contributed by atoms with Gasteiger partial charge in [-0.15, -0.1) is 0 Å². The van der Waals surface area contributed by atoms with Crippen molar-refractivity contribution in [2.45, 2.75) is 46.1 Å². The van der Waals surface area contributed by atoms with Gasteiger partial charge in [-0.1, -0.05) is 45.2 Å². The summed E-state index contributed by atoms with van der Waals surface area (Å²) in [7, 11) is 1.68. The highest BCUT2D eigenvalue weighted by Gasteiger charge is 2.02. The number of ether oxygens (including phenoxy) is 2. The first kappa shape index (κ1) is 15.0. The maximum Gasteiger partial charge on any atom is 0.118 e. The van der Waals surface area contributed by atoms with Gasteiger partial charge in [-0.25, -0.2) is 0 Å². The molecule has 0 aliphatic heterocycles. The molecule has 0 saturated heterocycles. The zero-order valence-corrected chi connectivity index (χ0v) is 11.9. The second-order valence-electron chi connectivity index (χ2n) is 4.96. The number of unbranched alkanes of at least 4 members (excludes halogenated alkanes) is 2. The van der Waals surface area contributed by atoms with Gasteiger partial charge in [0.15, 0.2) is 0 Å². The van der Waals surface area contributed by atoms with E-state index in [4.69, 9.17) is 9.47 Å². The van der Waals surface area contributed by atoms with Crippen molar-refractivity contribution in [3.05, 3.63) is 29.8 Å². The molecule has 0 amide bonds. The van der Waals surface area contributed by atoms with Gasteiger partial charge < -0.3 is 9.47 Å². The minimum atomic E-state index is 0.662. The molecule has 102 valence electrons. The first-order valence-electron chi connectivity index (χ1n) is 6.97. The van der Waals surface area contributed by atoms with Crippen molar-refractivity contribution >= 4 is 0 Å². The van der Waals surface area contributed by atoms with Gasteiger partial charge in [0.05, 0.1) is 13.7 Å². The van der Waals surface area contributed by atoms with Crippen LogP contribution in [0.2, 0.25) is 0 Å². The van der Waals surface area contributed by atoms with E-state index in [1.54, 1.807) is 7.11 Å². The van der Waals surface area contributed by atoms with Crippen molar-refractivity contribution in [3.63, 3.8) is 0 Å². The second kappa shape index (κ2) is 8.98. The van der Waals surface area contributed by atoms with Crippen molar-refractivity contribution in [1.82, 2.24) is 0 Å². The van der Waals surface area contributed by atoms with Crippen LogP contribution in [0, 0.1) is 5.92 Å². The van der Waals surface area contributed by atoms with Gasteiger partial charge in [0.1, 0.15) is 5.75 Å². The molecule has 2 nitrogen and oxygen atoms in total. The Hall–Kier alpha value is -1.02. The Balaban J connectivity index is 2.16. The van der Waals surface area contributed by atoms with E-state index in [0.717, 1.165) is 12.4 Å². The van der Waals surface area contributed by atoms with E-state index >= 15 is 0 Å². The molecule has 0 N–H and O–H groups in total. The molecule has 18 heavy (non-hydrogen) atoms. The van der Waals surface area contributed by atoms with Crippen LogP contribution in [0.25, 0.3) is 0 Å². The molecule has 1 unspecified atom stereocenters. The molecule has 0 fully saturated rings. The van der Waals surface area contributed by atoms with Crippen LogP contribution in [0.4, 0.5) is 0 Å². The highest BCUT2D eigenvalue weighted by molar-refractivity contribution is 5.26. The van der Waals surface area contributed by atoms with Gasteiger partial charge >= 0.3 is 0 Å². The van der Waals surface area contributed by atoms with Crippen molar-refractivity contribution in [3.8, 4) is 5.75 Å². The van der Waals surface area contributed by atoms with Crippen molar-refractivity contribution < 1.29 is 9.47 Å². The minimum absolute atomic E-state index is 0.662. The quantitative estimate of drug-likeness (QED) is 0.604. The summed E-state index contributed by atoms with van der Waals surface area (Å²) in [4.78, 5) is 0. The van der Waals surface area contributed by atoms with Crippen LogP contribution in [0.3, 0.4) is 0 Å². The summed E-state index contributed by atoms with van der Waals surface area (Å²) in [5.41, 5.74) is 1.21. The van der Waals surface area contributed by atoms with Crippen LogP contribution >= 0.6 is 0 Å². The number of rotatable bonds is 9. The van der Waals surface area contributed by atoms with Gasteiger partial charge in [-0.3, -0.25) is 0 Å². The van der Waals surface area contributed by atoms with E-state index < -0.39 is 0 Å². The molecule has 0 radical (unpaired) electrons. The Bertz CT molecular complexity index is 305. The summed E-state index contributed by atoms with van der Waals surface area (Å²) >= 11 is 0. The molecule has 0 aliphatic rings. The van der Waals surface area contributed by atoms with E-state index in [2.05, 4.69) is 26.0 Å². The first-order chi connectivity index (χ1) is 8.76. The lowest BCUT2D eigenvalue weighted by molar-refractivity contribution is 0.0887. The van der Waals surface area contributed by atoms with Crippen LogP contribution in [0.15, 0.2) is 24.3 Å². The van der Waals surface area contributed by atoms with Crippen LogP contribution in [0.5, 0.6) is 5.75 Å². The van der Waals surface area contributed by atoms with E-state index in [-0.39, 0.29) is 0 Å². The van der Waals surface area contributed by atoms with E-state index in [1.807, 2.05) is 12.1 Å². The summed E-state index contributed by atoms with van der Waals surface area (Å²) in [5, 5.41) is 0. The summed E-state index contributed by atoms with van der Waals surface area (Å²) in [5.74, 6) is 1.56. The standard InChI is InChI=1S/C16H26O2/c1-4-5-6-7-14(2)12-18-13-15-8-10-16(17-3)11-9-15/h8-11,14H,4-7,12-13H2,1-3H3. The maximum absolute atomic E-state index is 5.74. The van der Waals surface area contributed by atoms with Gasteiger partial charge in [-0.2, -0.15) is 0 Å². The number of hydrogen-bond acceptors (Lipinski definition) is 2. The summed E-state index contributed by atoms with van der Waals surface area (Å²) in [6, 6.07) is 8.06.